The van der Waals surface area contributed by atoms with E-state index in [1.54, 1.807) is 11.0 Å². The lowest BCUT2D eigenvalue weighted by atomic mass is 10.0. The van der Waals surface area contributed by atoms with Gasteiger partial charge in [0, 0.05) is 26.2 Å². The summed E-state index contributed by atoms with van der Waals surface area (Å²) in [6.45, 7) is 5.48. The van der Waals surface area contributed by atoms with Gasteiger partial charge in [-0.15, -0.1) is 0 Å². The van der Waals surface area contributed by atoms with Gasteiger partial charge in [-0.3, -0.25) is 4.79 Å². The normalized spacial score (nSPS) is 17.6. The summed E-state index contributed by atoms with van der Waals surface area (Å²) >= 11 is 5.86. The quantitative estimate of drug-likeness (QED) is 0.853. The first-order valence-electron chi connectivity index (χ1n) is 6.86. The van der Waals surface area contributed by atoms with E-state index < -0.39 is 0 Å². The number of likely N-dealkylation sites (tertiary alicyclic amines) is 1. The van der Waals surface area contributed by atoms with Crippen LogP contribution >= 0.6 is 11.6 Å². The molecule has 0 saturated carbocycles. The fourth-order valence-electron chi connectivity index (χ4n) is 2.65. The average molecular weight is 285 g/mol. The van der Waals surface area contributed by atoms with E-state index in [0.29, 0.717) is 11.6 Å². The monoisotopic (exact) mass is 284 g/mol. The third kappa shape index (κ3) is 3.31. The summed E-state index contributed by atoms with van der Waals surface area (Å²) in [6, 6.07) is 1.93. The van der Waals surface area contributed by atoms with Gasteiger partial charge in [-0.05, 0) is 43.5 Å². The van der Waals surface area contributed by atoms with Gasteiger partial charge in [0.1, 0.15) is 0 Å². The van der Waals surface area contributed by atoms with Gasteiger partial charge in [-0.25, -0.2) is 0 Å². The van der Waals surface area contributed by atoms with Gasteiger partial charge in [0.05, 0.1) is 11.8 Å². The van der Waals surface area contributed by atoms with Crippen molar-refractivity contribution in [3.8, 4) is 0 Å². The molecule has 19 heavy (non-hydrogen) atoms. The molecule has 2 rings (SSSR count). The Labute approximate surface area is 119 Å². The lowest BCUT2D eigenvalue weighted by molar-refractivity contribution is 0.0642. The number of piperidine rings is 1. The van der Waals surface area contributed by atoms with Gasteiger partial charge >= 0.3 is 0 Å². The maximum atomic E-state index is 12.3. The summed E-state index contributed by atoms with van der Waals surface area (Å²) in [6.07, 6.45) is 4.69. The number of furan rings is 1. The number of hydrogen-bond acceptors (Lipinski definition) is 3. The zero-order valence-electron chi connectivity index (χ0n) is 11.6. The second kappa shape index (κ2) is 6.44. The molecule has 4 nitrogen and oxygen atoms in total. The summed E-state index contributed by atoms with van der Waals surface area (Å²) in [4.78, 5) is 16.6. The first kappa shape index (κ1) is 14.4. The van der Waals surface area contributed by atoms with E-state index in [-0.39, 0.29) is 11.1 Å². The van der Waals surface area contributed by atoms with E-state index in [4.69, 9.17) is 16.0 Å². The molecule has 0 unspecified atom stereocenters. The minimum atomic E-state index is -0.0484. The summed E-state index contributed by atoms with van der Waals surface area (Å²) in [7, 11) is 1.85. The molecule has 0 spiro atoms. The number of nitrogens with zero attached hydrogens (tertiary/aromatic N) is 2. The van der Waals surface area contributed by atoms with Crippen molar-refractivity contribution in [2.24, 2.45) is 0 Å². The highest BCUT2D eigenvalue weighted by Crippen LogP contribution is 2.22. The number of carbonyl (C=O) groups is 1. The van der Waals surface area contributed by atoms with Crippen LogP contribution in [0.4, 0.5) is 0 Å². The smallest absolute Gasteiger partial charge is 0.258 e. The second-order valence-electron chi connectivity index (χ2n) is 5.10. The Balaban J connectivity index is 1.92. The van der Waals surface area contributed by atoms with Gasteiger partial charge in [-0.1, -0.05) is 6.92 Å². The Morgan fingerprint density at radius 2 is 2.21 bits per heavy atom. The number of carbonyl (C=O) groups excluding carboxylic acids is 1. The van der Waals surface area contributed by atoms with Gasteiger partial charge in [0.25, 0.3) is 5.91 Å². The van der Waals surface area contributed by atoms with Crippen LogP contribution in [0.3, 0.4) is 0 Å². The minimum absolute atomic E-state index is 0.0484. The number of rotatable bonds is 4. The summed E-state index contributed by atoms with van der Waals surface area (Å²) in [5.41, 5.74) is 0.458. The molecule has 0 bridgehead atoms. The van der Waals surface area contributed by atoms with Crippen LogP contribution < -0.4 is 0 Å². The standard InChI is InChI=1S/C14H21ClN2O2/c1-3-7-17-8-4-11(5-9-17)16(2)14(18)12-6-10-19-13(12)15/h6,10-11H,3-5,7-9H2,1-2H3. The van der Waals surface area contributed by atoms with Gasteiger partial charge in [0.2, 0.25) is 5.22 Å². The molecule has 2 heterocycles. The molecule has 0 atom stereocenters. The van der Waals surface area contributed by atoms with E-state index >= 15 is 0 Å². The van der Waals surface area contributed by atoms with Crippen LogP contribution in [0.1, 0.15) is 36.5 Å². The minimum Gasteiger partial charge on any atom is -0.452 e. The van der Waals surface area contributed by atoms with Gasteiger partial charge in [-0.2, -0.15) is 0 Å². The number of amides is 1. The van der Waals surface area contributed by atoms with Crippen molar-refractivity contribution in [3.63, 3.8) is 0 Å². The van der Waals surface area contributed by atoms with Crippen LogP contribution in [-0.2, 0) is 0 Å². The molecule has 0 aromatic carbocycles. The summed E-state index contributed by atoms with van der Waals surface area (Å²) < 4.78 is 4.98. The Morgan fingerprint density at radius 3 is 2.74 bits per heavy atom. The summed E-state index contributed by atoms with van der Waals surface area (Å²) in [5, 5.41) is 0.181. The molecule has 0 aliphatic carbocycles. The van der Waals surface area contributed by atoms with Crippen molar-refractivity contribution in [1.82, 2.24) is 9.80 Å². The first-order chi connectivity index (χ1) is 9.13. The van der Waals surface area contributed by atoms with Crippen molar-refractivity contribution in [3.05, 3.63) is 23.1 Å². The predicted molar refractivity (Wildman–Crippen MR) is 75.6 cm³/mol. The highest BCUT2D eigenvalue weighted by molar-refractivity contribution is 6.32. The van der Waals surface area contributed by atoms with Gasteiger partial charge < -0.3 is 14.2 Å². The lowest BCUT2D eigenvalue weighted by Crippen LogP contribution is -2.45. The van der Waals surface area contributed by atoms with E-state index in [0.717, 1.165) is 32.5 Å². The fourth-order valence-corrected chi connectivity index (χ4v) is 2.84. The van der Waals surface area contributed by atoms with Gasteiger partial charge in [0.15, 0.2) is 0 Å². The van der Waals surface area contributed by atoms with Crippen molar-refractivity contribution < 1.29 is 9.21 Å². The Kier molecular flexibility index (Phi) is 4.88. The highest BCUT2D eigenvalue weighted by Gasteiger charge is 2.27. The maximum absolute atomic E-state index is 12.3. The molecule has 1 amide bonds. The molecular formula is C14H21ClN2O2. The molecule has 5 heteroatoms. The SMILES string of the molecule is CCCN1CCC(N(C)C(=O)c2ccoc2Cl)CC1. The predicted octanol–water partition coefficient (Wildman–Crippen LogP) is 2.88. The van der Waals surface area contributed by atoms with Crippen LogP contribution in [0.5, 0.6) is 0 Å². The maximum Gasteiger partial charge on any atom is 0.258 e. The molecular weight excluding hydrogens is 264 g/mol. The first-order valence-corrected chi connectivity index (χ1v) is 7.23. The zero-order chi connectivity index (χ0) is 13.8. The van der Waals surface area contributed by atoms with Crippen LogP contribution in [-0.4, -0.2) is 48.4 Å². The van der Waals surface area contributed by atoms with Crippen molar-refractivity contribution in [1.29, 1.82) is 0 Å². The number of hydrogen-bond donors (Lipinski definition) is 0. The van der Waals surface area contributed by atoms with Crippen LogP contribution in [0.2, 0.25) is 5.22 Å². The Hall–Kier alpha value is -1.00. The van der Waals surface area contributed by atoms with E-state index in [2.05, 4.69) is 11.8 Å². The molecule has 1 aliphatic rings. The Morgan fingerprint density at radius 1 is 1.53 bits per heavy atom. The lowest BCUT2D eigenvalue weighted by Gasteiger charge is -2.36. The highest BCUT2D eigenvalue weighted by atomic mass is 35.5. The van der Waals surface area contributed by atoms with Crippen molar-refractivity contribution in [2.75, 3.05) is 26.7 Å². The fraction of sp³-hybridized carbons (Fsp3) is 0.643. The van der Waals surface area contributed by atoms with Crippen LogP contribution in [0.25, 0.3) is 0 Å². The average Bonchev–Trinajstić information content (AvgIpc) is 2.84. The molecule has 0 N–H and O–H groups in total. The van der Waals surface area contributed by atoms with Crippen LogP contribution in [0, 0.1) is 0 Å². The summed E-state index contributed by atoms with van der Waals surface area (Å²) in [5.74, 6) is -0.0484. The molecule has 1 fully saturated rings. The zero-order valence-corrected chi connectivity index (χ0v) is 12.3. The molecule has 1 aliphatic heterocycles. The van der Waals surface area contributed by atoms with Crippen LogP contribution in [0.15, 0.2) is 16.7 Å². The third-order valence-electron chi connectivity index (χ3n) is 3.81. The molecule has 0 radical (unpaired) electrons. The topological polar surface area (TPSA) is 36.7 Å². The Bertz CT molecular complexity index is 425. The van der Waals surface area contributed by atoms with E-state index in [1.807, 2.05) is 7.05 Å². The molecule has 1 aromatic heterocycles. The third-order valence-corrected chi connectivity index (χ3v) is 4.11. The van der Waals surface area contributed by atoms with Crippen molar-refractivity contribution in [2.45, 2.75) is 32.2 Å². The molecule has 1 saturated heterocycles. The largest absolute Gasteiger partial charge is 0.452 e. The van der Waals surface area contributed by atoms with E-state index in [9.17, 15) is 4.79 Å². The number of halogens is 1. The molecule has 106 valence electrons. The molecule has 1 aromatic rings. The van der Waals surface area contributed by atoms with Crippen molar-refractivity contribution >= 4 is 17.5 Å². The van der Waals surface area contributed by atoms with E-state index in [1.165, 1.54) is 12.7 Å². The second-order valence-corrected chi connectivity index (χ2v) is 5.44.